The Morgan fingerprint density at radius 3 is 2.29 bits per heavy atom. The lowest BCUT2D eigenvalue weighted by Crippen LogP contribution is -2.25. The molecule has 1 aromatic rings. The van der Waals surface area contributed by atoms with Gasteiger partial charge in [0.1, 0.15) is 0 Å². The van der Waals surface area contributed by atoms with Crippen LogP contribution >= 0.6 is 0 Å². The molecule has 1 heterocycles. The number of nitrogens with zero attached hydrogens (tertiary/aromatic N) is 1. The topological polar surface area (TPSA) is 66.5 Å². The lowest BCUT2D eigenvalue weighted by molar-refractivity contribution is 0.0693. The number of hydrogen-bond donors (Lipinski definition) is 1. The molecule has 5 nitrogen and oxygen atoms in total. The Hall–Kier alpha value is -2.17. The third-order valence-corrected chi connectivity index (χ3v) is 4.42. The Kier molecular flexibility index (Phi) is 6.53. The zero-order chi connectivity index (χ0) is 17.5. The summed E-state index contributed by atoms with van der Waals surface area (Å²) in [5.74, 6) is -0.861. The predicted molar refractivity (Wildman–Crippen MR) is 93.2 cm³/mol. The van der Waals surface area contributed by atoms with Crippen LogP contribution in [-0.4, -0.2) is 36.2 Å². The summed E-state index contributed by atoms with van der Waals surface area (Å²) in [6.07, 6.45) is 8.38. The fourth-order valence-corrected chi connectivity index (χ4v) is 2.89. The molecule has 1 aliphatic heterocycles. The van der Waals surface area contributed by atoms with Crippen LogP contribution in [0.3, 0.4) is 0 Å². The first-order chi connectivity index (χ1) is 11.6. The maximum Gasteiger partial charge on any atom is 0.261 e. The van der Waals surface area contributed by atoms with E-state index >= 15 is 0 Å². The first-order valence-corrected chi connectivity index (χ1v) is 8.81. The monoisotopic (exact) mass is 330 g/mol. The zero-order valence-corrected chi connectivity index (χ0v) is 14.6. The van der Waals surface area contributed by atoms with Crippen LogP contribution in [0.5, 0.6) is 0 Å². The third kappa shape index (κ3) is 4.22. The second-order valence-corrected chi connectivity index (χ2v) is 6.31. The van der Waals surface area contributed by atoms with Crippen LogP contribution in [0.15, 0.2) is 18.2 Å². The molecule has 2 rings (SSSR count). The number of hydrogen-bond acceptors (Lipinski definition) is 3. The highest BCUT2D eigenvalue weighted by atomic mass is 16.2. The molecule has 0 aromatic heterocycles. The molecule has 130 valence electrons. The van der Waals surface area contributed by atoms with Gasteiger partial charge >= 0.3 is 0 Å². The molecule has 1 N–H and O–H groups in total. The van der Waals surface area contributed by atoms with Crippen molar-refractivity contribution in [3.05, 3.63) is 34.9 Å². The predicted octanol–water partition coefficient (Wildman–Crippen LogP) is 3.39. The van der Waals surface area contributed by atoms with Gasteiger partial charge in [-0.1, -0.05) is 45.4 Å². The molecule has 0 saturated heterocycles. The molecule has 0 atom stereocenters. The smallest absolute Gasteiger partial charge is 0.261 e. The van der Waals surface area contributed by atoms with E-state index in [-0.39, 0.29) is 17.7 Å². The van der Waals surface area contributed by atoms with E-state index in [0.717, 1.165) is 17.7 Å². The first kappa shape index (κ1) is 18.2. The quantitative estimate of drug-likeness (QED) is 0.557. The summed E-state index contributed by atoms with van der Waals surface area (Å²) in [6.45, 7) is 2.84. The van der Waals surface area contributed by atoms with Crippen molar-refractivity contribution in [2.45, 2.75) is 51.9 Å². The SMILES string of the molecule is CCCCCCCCCNC(=O)c1ccc2c(c1)C(=O)N(C)C2=O. The van der Waals surface area contributed by atoms with Gasteiger partial charge < -0.3 is 5.32 Å². The number of fused-ring (bicyclic) bond motifs is 1. The summed E-state index contributed by atoms with van der Waals surface area (Å²) in [5.41, 5.74) is 1.10. The molecule has 1 aliphatic rings. The van der Waals surface area contributed by atoms with Crippen LogP contribution in [0.25, 0.3) is 0 Å². The molecule has 1 aromatic carbocycles. The van der Waals surface area contributed by atoms with Crippen LogP contribution in [0.2, 0.25) is 0 Å². The zero-order valence-electron chi connectivity index (χ0n) is 14.6. The number of imide groups is 1. The Balaban J connectivity index is 1.78. The van der Waals surface area contributed by atoms with Gasteiger partial charge in [-0.2, -0.15) is 0 Å². The van der Waals surface area contributed by atoms with Gasteiger partial charge in [0.15, 0.2) is 0 Å². The van der Waals surface area contributed by atoms with Crippen molar-refractivity contribution >= 4 is 17.7 Å². The molecule has 0 unspecified atom stereocenters. The Morgan fingerprint density at radius 1 is 0.958 bits per heavy atom. The molecule has 3 amide bonds. The van der Waals surface area contributed by atoms with Crippen molar-refractivity contribution in [3.8, 4) is 0 Å². The maximum atomic E-state index is 12.2. The first-order valence-electron chi connectivity index (χ1n) is 8.81. The molecular formula is C19H26N2O3. The second-order valence-electron chi connectivity index (χ2n) is 6.31. The standard InChI is InChI=1S/C19H26N2O3/c1-3-4-5-6-7-8-9-12-20-17(22)14-10-11-15-16(13-14)19(24)21(2)18(15)23/h10-11,13H,3-9,12H2,1-2H3,(H,20,22). The van der Waals surface area contributed by atoms with Crippen molar-refractivity contribution < 1.29 is 14.4 Å². The van der Waals surface area contributed by atoms with Gasteiger partial charge in [0.2, 0.25) is 0 Å². The number of unbranched alkanes of at least 4 members (excludes halogenated alkanes) is 6. The lowest BCUT2D eigenvalue weighted by atomic mass is 10.1. The van der Waals surface area contributed by atoms with Gasteiger partial charge in [-0.05, 0) is 24.6 Å². The maximum absolute atomic E-state index is 12.2. The molecule has 24 heavy (non-hydrogen) atoms. The summed E-state index contributed by atoms with van der Waals surface area (Å²) >= 11 is 0. The molecule has 0 fully saturated rings. The number of nitrogens with one attached hydrogen (secondary N) is 1. The minimum absolute atomic E-state index is 0.196. The average molecular weight is 330 g/mol. The van der Waals surface area contributed by atoms with Crippen molar-refractivity contribution in [2.24, 2.45) is 0 Å². The molecule has 0 aliphatic carbocycles. The summed E-state index contributed by atoms with van der Waals surface area (Å²) < 4.78 is 0. The summed E-state index contributed by atoms with van der Waals surface area (Å²) in [6, 6.07) is 4.67. The van der Waals surface area contributed by atoms with E-state index in [1.807, 2.05) is 0 Å². The number of benzene rings is 1. The highest BCUT2D eigenvalue weighted by Gasteiger charge is 2.33. The van der Waals surface area contributed by atoms with Crippen LogP contribution < -0.4 is 5.32 Å². The molecule has 5 heteroatoms. The summed E-state index contributed by atoms with van der Waals surface area (Å²) in [7, 11) is 1.45. The number of amides is 3. The molecule has 0 saturated carbocycles. The van der Waals surface area contributed by atoms with Crippen LogP contribution in [0.4, 0.5) is 0 Å². The van der Waals surface area contributed by atoms with E-state index in [0.29, 0.717) is 23.2 Å². The van der Waals surface area contributed by atoms with E-state index in [2.05, 4.69) is 12.2 Å². The number of rotatable bonds is 9. The van der Waals surface area contributed by atoms with Crippen molar-refractivity contribution in [1.29, 1.82) is 0 Å². The average Bonchev–Trinajstić information content (AvgIpc) is 2.81. The van der Waals surface area contributed by atoms with Gasteiger partial charge in [-0.3, -0.25) is 19.3 Å². The van der Waals surface area contributed by atoms with Gasteiger partial charge in [-0.15, -0.1) is 0 Å². The fraction of sp³-hybridized carbons (Fsp3) is 0.526. The van der Waals surface area contributed by atoms with Crippen LogP contribution in [0.1, 0.15) is 82.9 Å². The van der Waals surface area contributed by atoms with Gasteiger partial charge in [-0.25, -0.2) is 0 Å². The summed E-state index contributed by atoms with van der Waals surface area (Å²) in [4.78, 5) is 37.0. The van der Waals surface area contributed by atoms with E-state index < -0.39 is 0 Å². The fourth-order valence-electron chi connectivity index (χ4n) is 2.89. The van der Waals surface area contributed by atoms with E-state index in [9.17, 15) is 14.4 Å². The van der Waals surface area contributed by atoms with E-state index in [1.165, 1.54) is 45.2 Å². The Labute approximate surface area is 143 Å². The molecule has 0 bridgehead atoms. The van der Waals surface area contributed by atoms with Crippen molar-refractivity contribution in [3.63, 3.8) is 0 Å². The van der Waals surface area contributed by atoms with Gasteiger partial charge in [0, 0.05) is 19.2 Å². The minimum atomic E-state index is -0.350. The highest BCUT2D eigenvalue weighted by molar-refractivity contribution is 6.21. The van der Waals surface area contributed by atoms with Crippen LogP contribution in [0, 0.1) is 0 Å². The summed E-state index contributed by atoms with van der Waals surface area (Å²) in [5, 5.41) is 2.88. The number of carbonyl (C=O) groups is 3. The largest absolute Gasteiger partial charge is 0.352 e. The Morgan fingerprint density at radius 2 is 1.58 bits per heavy atom. The second kappa shape index (κ2) is 8.62. The molecular weight excluding hydrogens is 304 g/mol. The normalized spacial score (nSPS) is 13.3. The minimum Gasteiger partial charge on any atom is -0.352 e. The van der Waals surface area contributed by atoms with E-state index in [1.54, 1.807) is 12.1 Å². The number of carbonyl (C=O) groups excluding carboxylic acids is 3. The highest BCUT2D eigenvalue weighted by Crippen LogP contribution is 2.22. The third-order valence-electron chi connectivity index (χ3n) is 4.42. The van der Waals surface area contributed by atoms with Crippen LogP contribution in [-0.2, 0) is 0 Å². The van der Waals surface area contributed by atoms with Gasteiger partial charge in [0.25, 0.3) is 17.7 Å². The molecule has 0 radical (unpaired) electrons. The lowest BCUT2D eigenvalue weighted by Gasteiger charge is -2.06. The van der Waals surface area contributed by atoms with Crippen molar-refractivity contribution in [2.75, 3.05) is 13.6 Å². The Bertz CT molecular complexity index is 625. The van der Waals surface area contributed by atoms with Gasteiger partial charge in [0.05, 0.1) is 11.1 Å². The van der Waals surface area contributed by atoms with E-state index in [4.69, 9.17) is 0 Å². The molecule has 0 spiro atoms. The van der Waals surface area contributed by atoms with Crippen molar-refractivity contribution in [1.82, 2.24) is 10.2 Å².